The first-order valence-corrected chi connectivity index (χ1v) is 8.25. The molecule has 5 heteroatoms. The Morgan fingerprint density at radius 1 is 1.32 bits per heavy atom. The van der Waals surface area contributed by atoms with Crippen molar-refractivity contribution >= 4 is 9.84 Å². The molecule has 0 aliphatic rings. The summed E-state index contributed by atoms with van der Waals surface area (Å²) in [6.07, 6.45) is 1.50. The molecule has 1 atom stereocenters. The van der Waals surface area contributed by atoms with E-state index >= 15 is 0 Å². The van der Waals surface area contributed by atoms with Crippen LogP contribution in [0, 0.1) is 0 Å². The van der Waals surface area contributed by atoms with E-state index < -0.39 is 9.84 Å². The fourth-order valence-corrected chi connectivity index (χ4v) is 3.53. The molecule has 0 amide bonds. The van der Waals surface area contributed by atoms with Crippen molar-refractivity contribution in [2.24, 2.45) is 0 Å². The SMILES string of the molecule is CCNC(C)CCCS(=O)(=O)c1ccccc1OC. The van der Waals surface area contributed by atoms with Crippen LogP contribution in [0.25, 0.3) is 0 Å². The van der Waals surface area contributed by atoms with Gasteiger partial charge < -0.3 is 10.1 Å². The van der Waals surface area contributed by atoms with Gasteiger partial charge in [0.2, 0.25) is 0 Å². The fourth-order valence-electron chi connectivity index (χ4n) is 2.02. The molecule has 19 heavy (non-hydrogen) atoms. The zero-order chi connectivity index (χ0) is 14.3. The summed E-state index contributed by atoms with van der Waals surface area (Å²) in [5.41, 5.74) is 0. The van der Waals surface area contributed by atoms with Crippen LogP contribution < -0.4 is 10.1 Å². The number of rotatable bonds is 8. The van der Waals surface area contributed by atoms with Crippen molar-refractivity contribution in [2.75, 3.05) is 19.4 Å². The maximum atomic E-state index is 12.3. The van der Waals surface area contributed by atoms with Crippen molar-refractivity contribution < 1.29 is 13.2 Å². The molecular weight excluding hydrogens is 262 g/mol. The zero-order valence-corrected chi connectivity index (χ0v) is 12.7. The van der Waals surface area contributed by atoms with E-state index in [1.807, 2.05) is 6.92 Å². The molecule has 1 aromatic rings. The molecule has 1 unspecified atom stereocenters. The Bertz CT molecular complexity index is 485. The Kier molecular flexibility index (Phi) is 6.31. The molecule has 0 fully saturated rings. The maximum Gasteiger partial charge on any atom is 0.182 e. The number of methoxy groups -OCH3 is 1. The van der Waals surface area contributed by atoms with Gasteiger partial charge in [0.25, 0.3) is 0 Å². The molecule has 1 aromatic carbocycles. The molecule has 0 saturated carbocycles. The summed E-state index contributed by atoms with van der Waals surface area (Å²) < 4.78 is 29.6. The molecule has 0 spiro atoms. The number of para-hydroxylation sites is 1. The Labute approximate surface area is 116 Å². The minimum Gasteiger partial charge on any atom is -0.495 e. The van der Waals surface area contributed by atoms with E-state index in [9.17, 15) is 8.42 Å². The third kappa shape index (κ3) is 4.84. The second-order valence-electron chi connectivity index (χ2n) is 4.57. The fraction of sp³-hybridized carbons (Fsp3) is 0.571. The number of hydrogen-bond acceptors (Lipinski definition) is 4. The minimum absolute atomic E-state index is 0.156. The van der Waals surface area contributed by atoms with Gasteiger partial charge in [-0.05, 0) is 38.4 Å². The van der Waals surface area contributed by atoms with Crippen LogP contribution in [0.1, 0.15) is 26.7 Å². The predicted octanol–water partition coefficient (Wildman–Crippen LogP) is 2.25. The molecule has 108 valence electrons. The molecule has 0 bridgehead atoms. The van der Waals surface area contributed by atoms with E-state index in [1.54, 1.807) is 24.3 Å². The summed E-state index contributed by atoms with van der Waals surface area (Å²) in [6, 6.07) is 7.11. The Morgan fingerprint density at radius 3 is 2.63 bits per heavy atom. The monoisotopic (exact) mass is 285 g/mol. The average Bonchev–Trinajstić information content (AvgIpc) is 2.38. The van der Waals surface area contributed by atoms with Crippen molar-refractivity contribution in [3.63, 3.8) is 0 Å². The van der Waals surface area contributed by atoms with Crippen LogP contribution in [0.15, 0.2) is 29.2 Å². The molecule has 0 aromatic heterocycles. The molecule has 0 aliphatic heterocycles. The van der Waals surface area contributed by atoms with E-state index in [0.717, 1.165) is 13.0 Å². The lowest BCUT2D eigenvalue weighted by atomic mass is 10.2. The lowest BCUT2D eigenvalue weighted by Gasteiger charge is -2.13. The Morgan fingerprint density at radius 2 is 2.00 bits per heavy atom. The van der Waals surface area contributed by atoms with Gasteiger partial charge in [-0.2, -0.15) is 0 Å². The summed E-state index contributed by atoms with van der Waals surface area (Å²) in [5.74, 6) is 0.575. The first-order valence-electron chi connectivity index (χ1n) is 6.60. The molecule has 1 rings (SSSR count). The minimum atomic E-state index is -3.27. The third-order valence-electron chi connectivity index (χ3n) is 3.01. The van der Waals surface area contributed by atoms with Crippen LogP contribution in [0.5, 0.6) is 5.75 Å². The van der Waals surface area contributed by atoms with Gasteiger partial charge in [-0.15, -0.1) is 0 Å². The Balaban J connectivity index is 2.66. The third-order valence-corrected chi connectivity index (χ3v) is 4.84. The lowest BCUT2D eigenvalue weighted by molar-refractivity contribution is 0.402. The topological polar surface area (TPSA) is 55.4 Å². The first kappa shape index (κ1) is 16.0. The molecule has 0 radical (unpaired) electrons. The van der Waals surface area contributed by atoms with Gasteiger partial charge in [-0.25, -0.2) is 8.42 Å². The number of benzene rings is 1. The van der Waals surface area contributed by atoms with Crippen LogP contribution in [0.4, 0.5) is 0 Å². The summed E-state index contributed by atoms with van der Waals surface area (Å²) in [7, 11) is -1.78. The number of sulfone groups is 1. The van der Waals surface area contributed by atoms with E-state index in [4.69, 9.17) is 4.74 Å². The van der Waals surface area contributed by atoms with Crippen LogP contribution in [-0.2, 0) is 9.84 Å². The van der Waals surface area contributed by atoms with E-state index in [1.165, 1.54) is 7.11 Å². The number of ether oxygens (including phenoxy) is 1. The van der Waals surface area contributed by atoms with Crippen molar-refractivity contribution in [3.8, 4) is 5.75 Å². The highest BCUT2D eigenvalue weighted by molar-refractivity contribution is 7.91. The second kappa shape index (κ2) is 7.50. The van der Waals surface area contributed by atoms with Gasteiger partial charge in [0.15, 0.2) is 9.84 Å². The highest BCUT2D eigenvalue weighted by Crippen LogP contribution is 2.24. The molecule has 4 nitrogen and oxygen atoms in total. The van der Waals surface area contributed by atoms with Crippen molar-refractivity contribution in [3.05, 3.63) is 24.3 Å². The highest BCUT2D eigenvalue weighted by Gasteiger charge is 2.18. The summed E-state index contributed by atoms with van der Waals surface area (Å²) in [5, 5.41) is 3.27. The predicted molar refractivity (Wildman–Crippen MR) is 77.4 cm³/mol. The van der Waals surface area contributed by atoms with E-state index in [2.05, 4.69) is 12.2 Å². The van der Waals surface area contributed by atoms with Gasteiger partial charge in [0, 0.05) is 6.04 Å². The second-order valence-corrected chi connectivity index (χ2v) is 6.65. The van der Waals surface area contributed by atoms with Crippen molar-refractivity contribution in [2.45, 2.75) is 37.6 Å². The van der Waals surface area contributed by atoms with Gasteiger partial charge in [-0.1, -0.05) is 19.1 Å². The van der Waals surface area contributed by atoms with E-state index in [-0.39, 0.29) is 10.6 Å². The van der Waals surface area contributed by atoms with Gasteiger partial charge in [-0.3, -0.25) is 0 Å². The van der Waals surface area contributed by atoms with Gasteiger partial charge >= 0.3 is 0 Å². The quantitative estimate of drug-likeness (QED) is 0.796. The highest BCUT2D eigenvalue weighted by atomic mass is 32.2. The number of hydrogen-bond donors (Lipinski definition) is 1. The van der Waals surface area contributed by atoms with Gasteiger partial charge in [0.1, 0.15) is 10.6 Å². The normalized spacial score (nSPS) is 13.2. The average molecular weight is 285 g/mol. The summed E-state index contributed by atoms with van der Waals surface area (Å²) >= 11 is 0. The molecule has 1 N–H and O–H groups in total. The maximum absolute atomic E-state index is 12.3. The number of nitrogens with one attached hydrogen (secondary N) is 1. The van der Waals surface area contributed by atoms with Gasteiger partial charge in [0.05, 0.1) is 12.9 Å². The molecule has 0 heterocycles. The standard InChI is InChI=1S/C14H23NO3S/c1-4-15-12(2)8-7-11-19(16,17)14-10-6-5-9-13(14)18-3/h5-6,9-10,12,15H,4,7-8,11H2,1-3H3. The van der Waals surface area contributed by atoms with Crippen LogP contribution >= 0.6 is 0 Å². The van der Waals surface area contributed by atoms with Crippen LogP contribution in [0.3, 0.4) is 0 Å². The van der Waals surface area contributed by atoms with Crippen molar-refractivity contribution in [1.29, 1.82) is 0 Å². The molecule has 0 saturated heterocycles. The largest absolute Gasteiger partial charge is 0.495 e. The lowest BCUT2D eigenvalue weighted by Crippen LogP contribution is -2.26. The zero-order valence-electron chi connectivity index (χ0n) is 11.8. The molecule has 0 aliphatic carbocycles. The van der Waals surface area contributed by atoms with Crippen LogP contribution in [-0.4, -0.2) is 33.9 Å². The first-order chi connectivity index (χ1) is 9.01. The molecular formula is C14H23NO3S. The van der Waals surface area contributed by atoms with E-state index in [0.29, 0.717) is 18.2 Å². The summed E-state index contributed by atoms with van der Waals surface area (Å²) in [4.78, 5) is 0.286. The Hall–Kier alpha value is -1.07. The summed E-state index contributed by atoms with van der Waals surface area (Å²) in [6.45, 7) is 5.02. The van der Waals surface area contributed by atoms with Crippen LogP contribution in [0.2, 0.25) is 0 Å². The smallest absolute Gasteiger partial charge is 0.182 e. The van der Waals surface area contributed by atoms with Crippen molar-refractivity contribution in [1.82, 2.24) is 5.32 Å².